The lowest BCUT2D eigenvalue weighted by atomic mass is 9.93. The minimum absolute atomic E-state index is 0.00848. The van der Waals surface area contributed by atoms with E-state index in [-0.39, 0.29) is 11.8 Å². The first-order valence-corrected chi connectivity index (χ1v) is 9.42. The molecule has 1 unspecified atom stereocenters. The lowest BCUT2D eigenvalue weighted by molar-refractivity contribution is -0.122. The summed E-state index contributed by atoms with van der Waals surface area (Å²) in [6.45, 7) is 0.625. The predicted molar refractivity (Wildman–Crippen MR) is 108 cm³/mol. The van der Waals surface area contributed by atoms with Gasteiger partial charge < -0.3 is 5.32 Å². The van der Waals surface area contributed by atoms with Gasteiger partial charge in [-0.05, 0) is 54.3 Å². The normalized spacial score (nSPS) is 11.7. The highest BCUT2D eigenvalue weighted by Crippen LogP contribution is 2.22. The Hall–Kier alpha value is -2.72. The molecule has 27 heavy (non-hydrogen) atoms. The number of aromatic nitrogens is 2. The SMILES string of the molecule is O=C(NCCCc1cccnc1)C(Cc1ccccn1)c1ccc(Cl)cc1. The van der Waals surface area contributed by atoms with Gasteiger partial charge in [0.1, 0.15) is 0 Å². The average Bonchev–Trinajstić information content (AvgIpc) is 2.72. The van der Waals surface area contributed by atoms with Crippen LogP contribution in [0.2, 0.25) is 5.02 Å². The number of nitrogens with zero attached hydrogens (tertiary/aromatic N) is 2. The fourth-order valence-corrected chi connectivity index (χ4v) is 3.08. The molecule has 0 saturated carbocycles. The van der Waals surface area contributed by atoms with E-state index in [1.807, 2.05) is 60.8 Å². The minimum atomic E-state index is -0.296. The molecule has 3 rings (SSSR count). The number of amides is 1. The monoisotopic (exact) mass is 379 g/mol. The van der Waals surface area contributed by atoms with Crippen molar-refractivity contribution in [2.75, 3.05) is 6.54 Å². The summed E-state index contributed by atoms with van der Waals surface area (Å²) >= 11 is 6.00. The van der Waals surface area contributed by atoms with Crippen molar-refractivity contribution in [3.63, 3.8) is 0 Å². The summed E-state index contributed by atoms with van der Waals surface area (Å²) in [5.41, 5.74) is 3.01. The Morgan fingerprint density at radius 3 is 2.59 bits per heavy atom. The summed E-state index contributed by atoms with van der Waals surface area (Å²) in [5.74, 6) is -0.287. The second-order valence-corrected chi connectivity index (χ2v) is 6.82. The number of carbonyl (C=O) groups is 1. The van der Waals surface area contributed by atoms with Crippen molar-refractivity contribution >= 4 is 17.5 Å². The number of rotatable bonds is 8. The van der Waals surface area contributed by atoms with Crippen molar-refractivity contribution in [2.45, 2.75) is 25.2 Å². The zero-order valence-corrected chi connectivity index (χ0v) is 15.8. The molecular weight excluding hydrogens is 358 g/mol. The molecule has 138 valence electrons. The molecular formula is C22H22ClN3O. The molecule has 0 aliphatic carbocycles. The topological polar surface area (TPSA) is 54.9 Å². The molecule has 3 aromatic rings. The van der Waals surface area contributed by atoms with Crippen molar-refractivity contribution in [3.05, 3.63) is 95.0 Å². The van der Waals surface area contributed by atoms with Gasteiger partial charge in [-0.3, -0.25) is 14.8 Å². The molecule has 1 aromatic carbocycles. The zero-order valence-electron chi connectivity index (χ0n) is 15.0. The maximum atomic E-state index is 12.9. The van der Waals surface area contributed by atoms with Crippen LogP contribution in [-0.4, -0.2) is 22.4 Å². The molecule has 0 aliphatic rings. The number of halogens is 1. The Morgan fingerprint density at radius 2 is 1.89 bits per heavy atom. The van der Waals surface area contributed by atoms with E-state index >= 15 is 0 Å². The Balaban J connectivity index is 1.62. The van der Waals surface area contributed by atoms with Crippen molar-refractivity contribution in [2.24, 2.45) is 0 Å². The zero-order chi connectivity index (χ0) is 18.9. The summed E-state index contributed by atoms with van der Waals surface area (Å²) < 4.78 is 0. The van der Waals surface area contributed by atoms with E-state index in [0.29, 0.717) is 18.0 Å². The highest BCUT2D eigenvalue weighted by molar-refractivity contribution is 6.30. The molecule has 1 atom stereocenters. The molecule has 1 N–H and O–H groups in total. The quantitative estimate of drug-likeness (QED) is 0.596. The van der Waals surface area contributed by atoms with Gasteiger partial charge in [0.05, 0.1) is 5.92 Å². The summed E-state index contributed by atoms with van der Waals surface area (Å²) in [6.07, 6.45) is 7.68. The number of nitrogens with one attached hydrogen (secondary N) is 1. The molecule has 0 radical (unpaired) electrons. The highest BCUT2D eigenvalue weighted by Gasteiger charge is 2.21. The molecule has 0 fully saturated rings. The molecule has 4 nitrogen and oxygen atoms in total. The first kappa shape index (κ1) is 19.1. The van der Waals surface area contributed by atoms with Crippen molar-refractivity contribution in [1.82, 2.24) is 15.3 Å². The van der Waals surface area contributed by atoms with Crippen LogP contribution in [0.4, 0.5) is 0 Å². The Labute approximate surface area is 164 Å². The molecule has 1 amide bonds. The molecule has 0 bridgehead atoms. The van der Waals surface area contributed by atoms with E-state index in [1.165, 1.54) is 5.56 Å². The first-order chi connectivity index (χ1) is 13.2. The van der Waals surface area contributed by atoms with E-state index in [9.17, 15) is 4.79 Å². The van der Waals surface area contributed by atoms with Gasteiger partial charge in [0, 0.05) is 42.3 Å². The lowest BCUT2D eigenvalue weighted by Gasteiger charge is -2.17. The second-order valence-electron chi connectivity index (χ2n) is 6.39. The first-order valence-electron chi connectivity index (χ1n) is 9.04. The standard InChI is InChI=1S/C22H22ClN3O/c23-19-10-8-18(9-11-19)21(15-20-7-1-2-13-25-20)22(27)26-14-4-6-17-5-3-12-24-16-17/h1-3,5,7-13,16,21H,4,6,14-15H2,(H,26,27). The Morgan fingerprint density at radius 1 is 1.04 bits per heavy atom. The van der Waals surface area contributed by atoms with Crippen LogP contribution in [0.25, 0.3) is 0 Å². The molecule has 2 heterocycles. The van der Waals surface area contributed by atoms with Gasteiger partial charge in [0.15, 0.2) is 0 Å². The maximum absolute atomic E-state index is 12.9. The van der Waals surface area contributed by atoms with Gasteiger partial charge in [0.2, 0.25) is 5.91 Å². The minimum Gasteiger partial charge on any atom is -0.356 e. The molecule has 0 saturated heterocycles. The van der Waals surface area contributed by atoms with Crippen LogP contribution in [0, 0.1) is 0 Å². The van der Waals surface area contributed by atoms with Crippen LogP contribution in [0.15, 0.2) is 73.2 Å². The lowest BCUT2D eigenvalue weighted by Crippen LogP contribution is -2.31. The third kappa shape index (κ3) is 5.90. The highest BCUT2D eigenvalue weighted by atomic mass is 35.5. The summed E-state index contributed by atoms with van der Waals surface area (Å²) in [5, 5.41) is 3.73. The van der Waals surface area contributed by atoms with Crippen LogP contribution < -0.4 is 5.32 Å². The average molecular weight is 380 g/mol. The van der Waals surface area contributed by atoms with Gasteiger partial charge in [-0.25, -0.2) is 0 Å². The van der Waals surface area contributed by atoms with Crippen LogP contribution in [0.5, 0.6) is 0 Å². The van der Waals surface area contributed by atoms with E-state index in [0.717, 1.165) is 24.1 Å². The smallest absolute Gasteiger partial charge is 0.227 e. The van der Waals surface area contributed by atoms with Gasteiger partial charge in [0.25, 0.3) is 0 Å². The Kier molecular flexibility index (Phi) is 6.94. The summed E-state index contributed by atoms with van der Waals surface area (Å²) in [4.78, 5) is 21.3. The fourth-order valence-electron chi connectivity index (χ4n) is 2.96. The maximum Gasteiger partial charge on any atom is 0.227 e. The van der Waals surface area contributed by atoms with Crippen LogP contribution in [0.3, 0.4) is 0 Å². The molecule has 0 aliphatic heterocycles. The second kappa shape index (κ2) is 9.83. The van der Waals surface area contributed by atoms with E-state index in [4.69, 9.17) is 11.6 Å². The van der Waals surface area contributed by atoms with E-state index in [2.05, 4.69) is 15.3 Å². The van der Waals surface area contributed by atoms with Crippen LogP contribution >= 0.6 is 11.6 Å². The predicted octanol–water partition coefficient (Wildman–Crippen LogP) is 4.21. The largest absolute Gasteiger partial charge is 0.356 e. The van der Waals surface area contributed by atoms with Crippen molar-refractivity contribution in [1.29, 1.82) is 0 Å². The summed E-state index contributed by atoms with van der Waals surface area (Å²) in [6, 6.07) is 17.2. The van der Waals surface area contributed by atoms with Crippen LogP contribution in [-0.2, 0) is 17.6 Å². The fraction of sp³-hybridized carbons (Fsp3) is 0.227. The van der Waals surface area contributed by atoms with E-state index < -0.39 is 0 Å². The molecule has 5 heteroatoms. The number of hydrogen-bond acceptors (Lipinski definition) is 3. The van der Waals surface area contributed by atoms with Gasteiger partial charge in [-0.15, -0.1) is 0 Å². The number of benzene rings is 1. The Bertz CT molecular complexity index is 838. The van der Waals surface area contributed by atoms with Gasteiger partial charge >= 0.3 is 0 Å². The van der Waals surface area contributed by atoms with Crippen molar-refractivity contribution < 1.29 is 4.79 Å². The van der Waals surface area contributed by atoms with Crippen LogP contribution in [0.1, 0.15) is 29.2 Å². The third-order valence-electron chi connectivity index (χ3n) is 4.39. The third-order valence-corrected chi connectivity index (χ3v) is 4.64. The number of aryl methyl sites for hydroxylation is 1. The van der Waals surface area contributed by atoms with E-state index in [1.54, 1.807) is 12.4 Å². The van der Waals surface area contributed by atoms with Crippen molar-refractivity contribution in [3.8, 4) is 0 Å². The molecule has 2 aromatic heterocycles. The number of pyridine rings is 2. The molecule has 0 spiro atoms. The number of hydrogen-bond donors (Lipinski definition) is 1. The van der Waals surface area contributed by atoms with Gasteiger partial charge in [-0.2, -0.15) is 0 Å². The summed E-state index contributed by atoms with van der Waals surface area (Å²) in [7, 11) is 0. The van der Waals surface area contributed by atoms with Gasteiger partial charge in [-0.1, -0.05) is 35.9 Å². The number of carbonyl (C=O) groups excluding carboxylic acids is 1.